The summed E-state index contributed by atoms with van der Waals surface area (Å²) < 4.78 is 4.95. The number of hydrogen-bond acceptors (Lipinski definition) is 3. The zero-order valence-corrected chi connectivity index (χ0v) is 9.19. The fraction of sp³-hybridized carbons (Fsp3) is 0.222. The van der Waals surface area contributed by atoms with Crippen LogP contribution in [0.25, 0.3) is 0 Å². The van der Waals surface area contributed by atoms with Crippen LogP contribution < -0.4 is 10.5 Å². The van der Waals surface area contributed by atoms with Crippen molar-refractivity contribution in [3.63, 3.8) is 0 Å². The van der Waals surface area contributed by atoms with Crippen LogP contribution in [0.3, 0.4) is 0 Å². The van der Waals surface area contributed by atoms with Crippen molar-refractivity contribution in [2.75, 3.05) is 13.7 Å². The van der Waals surface area contributed by atoms with E-state index in [1.165, 1.54) is 7.11 Å². The molecule has 3 nitrogen and oxygen atoms in total. The Bertz CT molecular complexity index is 329. The Balaban J connectivity index is 0.00000169. The summed E-state index contributed by atoms with van der Waals surface area (Å²) in [5.41, 5.74) is 5.62. The molecule has 0 spiro atoms. The molecule has 1 rings (SSSR count). The van der Waals surface area contributed by atoms with E-state index in [9.17, 15) is 4.79 Å². The average Bonchev–Trinajstić information content (AvgIpc) is 2.17. The fourth-order valence-electron chi connectivity index (χ4n) is 0.955. The first-order chi connectivity index (χ1) is 6.19. The topological polar surface area (TPSA) is 52.3 Å². The van der Waals surface area contributed by atoms with Crippen molar-refractivity contribution in [2.24, 2.45) is 5.73 Å². The number of benzene rings is 1. The predicted octanol–water partition coefficient (Wildman–Crippen LogP) is 1.91. The maximum atomic E-state index is 11.2. The molecular weight excluding hydrogens is 225 g/mol. The number of Topliss-reactive ketones (excluding diaryl/α,β-unsaturated/α-hetero) is 1. The van der Waals surface area contributed by atoms with Gasteiger partial charge in [0, 0.05) is 5.56 Å². The summed E-state index contributed by atoms with van der Waals surface area (Å²) in [6.45, 7) is -0.0487. The Labute approximate surface area is 93.6 Å². The summed E-state index contributed by atoms with van der Waals surface area (Å²) in [4.78, 5) is 11.2. The van der Waals surface area contributed by atoms with Gasteiger partial charge in [0.05, 0.1) is 18.7 Å². The third kappa shape index (κ3) is 2.87. The molecule has 0 heterocycles. The highest BCUT2D eigenvalue weighted by Crippen LogP contribution is 2.21. The molecule has 0 saturated carbocycles. The fourth-order valence-corrected chi connectivity index (χ4v) is 1.18. The normalized spacial score (nSPS) is 9.07. The smallest absolute Gasteiger partial charge is 0.178 e. The summed E-state index contributed by atoms with van der Waals surface area (Å²) in [6.07, 6.45) is 0. The second-order valence-electron chi connectivity index (χ2n) is 2.47. The minimum absolute atomic E-state index is 0. The summed E-state index contributed by atoms with van der Waals surface area (Å²) in [5, 5.41) is 0.399. The van der Waals surface area contributed by atoms with Gasteiger partial charge < -0.3 is 10.5 Å². The molecule has 0 saturated heterocycles. The largest absolute Gasteiger partial charge is 0.497 e. The van der Waals surface area contributed by atoms with Gasteiger partial charge >= 0.3 is 0 Å². The Morgan fingerprint density at radius 1 is 1.57 bits per heavy atom. The Hall–Kier alpha value is -0.770. The molecule has 5 heteroatoms. The van der Waals surface area contributed by atoms with Gasteiger partial charge in [-0.2, -0.15) is 0 Å². The highest BCUT2D eigenvalue weighted by atomic mass is 35.5. The first-order valence-corrected chi connectivity index (χ1v) is 4.13. The van der Waals surface area contributed by atoms with Gasteiger partial charge in [-0.05, 0) is 18.2 Å². The highest BCUT2D eigenvalue weighted by molar-refractivity contribution is 6.34. The predicted molar refractivity (Wildman–Crippen MR) is 58.6 cm³/mol. The van der Waals surface area contributed by atoms with E-state index in [4.69, 9.17) is 22.1 Å². The van der Waals surface area contributed by atoms with Crippen LogP contribution >= 0.6 is 24.0 Å². The van der Waals surface area contributed by atoms with Gasteiger partial charge in [-0.15, -0.1) is 12.4 Å². The van der Waals surface area contributed by atoms with Crippen molar-refractivity contribution in [1.82, 2.24) is 0 Å². The van der Waals surface area contributed by atoms with E-state index in [0.717, 1.165) is 0 Å². The van der Waals surface area contributed by atoms with Gasteiger partial charge in [0.15, 0.2) is 5.78 Å². The summed E-state index contributed by atoms with van der Waals surface area (Å²) >= 11 is 5.79. The minimum atomic E-state index is -0.191. The lowest BCUT2D eigenvalue weighted by molar-refractivity contribution is 0.100. The van der Waals surface area contributed by atoms with Crippen LogP contribution in [0.5, 0.6) is 5.75 Å². The third-order valence-corrected chi connectivity index (χ3v) is 1.99. The van der Waals surface area contributed by atoms with Gasteiger partial charge in [0.2, 0.25) is 0 Å². The van der Waals surface area contributed by atoms with Crippen LogP contribution in [0.2, 0.25) is 5.02 Å². The van der Waals surface area contributed by atoms with Crippen molar-refractivity contribution in [2.45, 2.75) is 0 Å². The van der Waals surface area contributed by atoms with E-state index < -0.39 is 0 Å². The molecule has 0 fully saturated rings. The molecule has 0 amide bonds. The highest BCUT2D eigenvalue weighted by Gasteiger charge is 2.09. The summed E-state index contributed by atoms with van der Waals surface area (Å²) in [7, 11) is 1.53. The molecule has 0 aliphatic carbocycles. The lowest BCUT2D eigenvalue weighted by Crippen LogP contribution is -2.14. The number of methoxy groups -OCH3 is 1. The maximum Gasteiger partial charge on any atom is 0.178 e. The monoisotopic (exact) mass is 235 g/mol. The molecule has 78 valence electrons. The second kappa shape index (κ2) is 5.86. The van der Waals surface area contributed by atoms with Crippen LogP contribution in [-0.2, 0) is 0 Å². The molecular formula is C9H11Cl2NO2. The van der Waals surface area contributed by atoms with Crippen molar-refractivity contribution in [1.29, 1.82) is 0 Å². The zero-order valence-electron chi connectivity index (χ0n) is 7.62. The van der Waals surface area contributed by atoms with Crippen molar-refractivity contribution >= 4 is 29.8 Å². The molecule has 14 heavy (non-hydrogen) atoms. The van der Waals surface area contributed by atoms with Gasteiger partial charge in [0.25, 0.3) is 0 Å². The van der Waals surface area contributed by atoms with Crippen molar-refractivity contribution in [3.8, 4) is 5.75 Å². The first-order valence-electron chi connectivity index (χ1n) is 3.76. The number of hydrogen-bond donors (Lipinski definition) is 1. The van der Waals surface area contributed by atoms with Gasteiger partial charge in [-0.3, -0.25) is 4.79 Å². The number of carbonyl (C=O) groups excluding carboxylic acids is 1. The van der Waals surface area contributed by atoms with E-state index in [0.29, 0.717) is 16.3 Å². The van der Waals surface area contributed by atoms with Crippen molar-refractivity contribution < 1.29 is 9.53 Å². The molecule has 0 aliphatic rings. The lowest BCUT2D eigenvalue weighted by Gasteiger charge is -2.04. The number of rotatable bonds is 3. The number of carbonyl (C=O) groups is 1. The summed E-state index contributed by atoms with van der Waals surface area (Å²) in [6, 6.07) is 4.89. The minimum Gasteiger partial charge on any atom is -0.497 e. The van der Waals surface area contributed by atoms with E-state index >= 15 is 0 Å². The molecule has 0 bridgehead atoms. The number of ether oxygens (including phenoxy) is 1. The Morgan fingerprint density at radius 2 is 2.21 bits per heavy atom. The lowest BCUT2D eigenvalue weighted by atomic mass is 10.1. The first kappa shape index (κ1) is 13.2. The SMILES string of the molecule is COc1ccc(Cl)c(C(=O)CN)c1.Cl. The second-order valence-corrected chi connectivity index (χ2v) is 2.88. The zero-order chi connectivity index (χ0) is 9.84. The maximum absolute atomic E-state index is 11.2. The molecule has 0 unspecified atom stereocenters. The average molecular weight is 236 g/mol. The van der Waals surface area contributed by atoms with E-state index in [-0.39, 0.29) is 24.7 Å². The van der Waals surface area contributed by atoms with E-state index in [1.54, 1.807) is 18.2 Å². The van der Waals surface area contributed by atoms with Gasteiger partial charge in [-0.1, -0.05) is 11.6 Å². The third-order valence-electron chi connectivity index (χ3n) is 1.66. The van der Waals surface area contributed by atoms with Crippen LogP contribution in [0.15, 0.2) is 18.2 Å². The van der Waals surface area contributed by atoms with Crippen LogP contribution in [0.4, 0.5) is 0 Å². The van der Waals surface area contributed by atoms with E-state index in [2.05, 4.69) is 0 Å². The van der Waals surface area contributed by atoms with Crippen LogP contribution in [0.1, 0.15) is 10.4 Å². The molecule has 0 radical (unpaired) electrons. The number of ketones is 1. The molecule has 1 aromatic rings. The van der Waals surface area contributed by atoms with Gasteiger partial charge in [-0.25, -0.2) is 0 Å². The number of nitrogens with two attached hydrogens (primary N) is 1. The Morgan fingerprint density at radius 3 is 2.71 bits per heavy atom. The van der Waals surface area contributed by atoms with Crippen LogP contribution in [-0.4, -0.2) is 19.4 Å². The van der Waals surface area contributed by atoms with E-state index in [1.807, 2.05) is 0 Å². The molecule has 0 aliphatic heterocycles. The van der Waals surface area contributed by atoms with Crippen molar-refractivity contribution in [3.05, 3.63) is 28.8 Å². The molecule has 2 N–H and O–H groups in total. The standard InChI is InChI=1S/C9H10ClNO2.ClH/c1-13-6-2-3-8(10)7(4-6)9(12)5-11;/h2-4H,5,11H2,1H3;1H. The number of halogens is 2. The quantitative estimate of drug-likeness (QED) is 0.815. The summed E-state index contributed by atoms with van der Waals surface area (Å²) in [5.74, 6) is 0.408. The van der Waals surface area contributed by atoms with Gasteiger partial charge in [0.1, 0.15) is 5.75 Å². The van der Waals surface area contributed by atoms with Crippen LogP contribution in [0, 0.1) is 0 Å². The molecule has 1 aromatic carbocycles. The molecule has 0 atom stereocenters. The Kier molecular flexibility index (Phi) is 5.53. The molecule has 0 aromatic heterocycles.